The van der Waals surface area contributed by atoms with E-state index in [1.165, 1.54) is 11.9 Å². The van der Waals surface area contributed by atoms with Crippen LogP contribution in [0.15, 0.2) is 22.9 Å². The van der Waals surface area contributed by atoms with E-state index in [9.17, 15) is 13.2 Å². The Bertz CT molecular complexity index is 462. The van der Waals surface area contributed by atoms with Crippen molar-refractivity contribution in [3.05, 3.63) is 29.6 Å². The van der Waals surface area contributed by atoms with Crippen LogP contribution in [0.4, 0.5) is 13.2 Å². The van der Waals surface area contributed by atoms with Crippen LogP contribution in [0.25, 0.3) is 0 Å². The zero-order valence-electron chi connectivity index (χ0n) is 13.6. The highest BCUT2D eigenvalue weighted by molar-refractivity contribution is 7.98. The first-order valence-electron chi connectivity index (χ1n) is 7.24. The number of aromatic nitrogens is 1. The maximum atomic E-state index is 13.0. The molecular formula is C15H23F3N2OS. The smallest absolute Gasteiger partial charge is 0.417 e. The van der Waals surface area contributed by atoms with Gasteiger partial charge in [0.25, 0.3) is 0 Å². The summed E-state index contributed by atoms with van der Waals surface area (Å²) < 4.78 is 48.4. The first-order chi connectivity index (χ1) is 10.4. The fourth-order valence-electron chi connectivity index (χ4n) is 1.32. The fourth-order valence-corrected chi connectivity index (χ4v) is 1.77. The van der Waals surface area contributed by atoms with E-state index in [0.29, 0.717) is 13.0 Å². The Morgan fingerprint density at radius 2 is 2.00 bits per heavy atom. The molecule has 0 unspecified atom stereocenters. The molecule has 0 radical (unpaired) electrons. The lowest BCUT2D eigenvalue weighted by molar-refractivity contribution is -0.137. The maximum Gasteiger partial charge on any atom is 0.417 e. The van der Waals surface area contributed by atoms with Crippen LogP contribution in [0.2, 0.25) is 0 Å². The van der Waals surface area contributed by atoms with Gasteiger partial charge in [-0.2, -0.15) is 17.6 Å². The average molecular weight is 336 g/mol. The first kappa shape index (κ1) is 20.8. The van der Waals surface area contributed by atoms with Crippen molar-refractivity contribution in [3.8, 4) is 0 Å². The summed E-state index contributed by atoms with van der Waals surface area (Å²) in [6, 6.07) is 0.931. The Hall–Kier alpha value is -1.24. The average Bonchev–Trinajstić information content (AvgIpc) is 2.48. The second kappa shape index (κ2) is 10.5. The van der Waals surface area contributed by atoms with Crippen molar-refractivity contribution in [3.63, 3.8) is 0 Å². The monoisotopic (exact) mass is 336 g/mol. The van der Waals surface area contributed by atoms with Gasteiger partial charge >= 0.3 is 6.18 Å². The Morgan fingerprint density at radius 1 is 1.36 bits per heavy atom. The minimum absolute atomic E-state index is 0.0222. The largest absolute Gasteiger partial charge is 0.477 e. The van der Waals surface area contributed by atoms with E-state index in [2.05, 4.69) is 9.38 Å². The number of alkyl halides is 3. The molecule has 0 aliphatic rings. The molecule has 0 aromatic carbocycles. The number of nitrogens with zero attached hydrogens (tertiary/aromatic N) is 2. The molecule has 1 heterocycles. The number of rotatable bonds is 5. The third-order valence-corrected chi connectivity index (χ3v) is 2.84. The molecule has 0 saturated carbocycles. The van der Waals surface area contributed by atoms with E-state index in [0.717, 1.165) is 18.5 Å². The Balaban J connectivity index is 0.00000211. The van der Waals surface area contributed by atoms with Gasteiger partial charge in [-0.1, -0.05) is 34.6 Å². The number of hydrogen-bond donors (Lipinski definition) is 0. The molecule has 0 bridgehead atoms. The third-order valence-electron chi connectivity index (χ3n) is 2.15. The summed E-state index contributed by atoms with van der Waals surface area (Å²) >= 11 is 1.17. The lowest BCUT2D eigenvalue weighted by Gasteiger charge is -2.14. The second-order valence-corrected chi connectivity index (χ2v) is 5.65. The van der Waals surface area contributed by atoms with Crippen molar-refractivity contribution in [2.75, 3.05) is 6.61 Å². The summed E-state index contributed by atoms with van der Waals surface area (Å²) in [7, 11) is 0. The third kappa shape index (κ3) is 7.15. The summed E-state index contributed by atoms with van der Waals surface area (Å²) in [5, 5.41) is 0.154. The number of halogens is 3. The van der Waals surface area contributed by atoms with Gasteiger partial charge in [-0.05, 0) is 24.4 Å². The normalized spacial score (nSPS) is 12.0. The molecule has 0 spiro atoms. The predicted molar refractivity (Wildman–Crippen MR) is 86.1 cm³/mol. The molecule has 1 aromatic heterocycles. The highest BCUT2D eigenvalue weighted by Crippen LogP contribution is 2.32. The number of ether oxygens (including phenoxy) is 1. The summed E-state index contributed by atoms with van der Waals surface area (Å²) in [6.07, 6.45) is -1.53. The minimum Gasteiger partial charge on any atom is -0.477 e. The van der Waals surface area contributed by atoms with Gasteiger partial charge in [-0.3, -0.25) is 4.98 Å². The van der Waals surface area contributed by atoms with Crippen molar-refractivity contribution in [1.29, 1.82) is 0 Å². The van der Waals surface area contributed by atoms with Crippen LogP contribution in [0, 0.1) is 0 Å². The second-order valence-electron chi connectivity index (χ2n) is 4.32. The standard InChI is InChI=1S/C13H17F3N2OS.C2H6/c1-4-7-19-12(18-20-9(2)3)10-8-17-6-5-11(10)13(14,15)16;1-2/h5-6,8-9H,4,7H2,1-3H3;1-2H3/b18-12-;. The summed E-state index contributed by atoms with van der Waals surface area (Å²) in [6.45, 7) is 9.99. The van der Waals surface area contributed by atoms with Gasteiger partial charge in [0, 0.05) is 17.6 Å². The Labute approximate surface area is 134 Å². The molecule has 0 N–H and O–H groups in total. The lowest BCUT2D eigenvalue weighted by Crippen LogP contribution is -2.16. The quantitative estimate of drug-likeness (QED) is 0.412. The van der Waals surface area contributed by atoms with E-state index in [-0.39, 0.29) is 16.7 Å². The van der Waals surface area contributed by atoms with Crippen molar-refractivity contribution in [2.45, 2.75) is 52.5 Å². The summed E-state index contributed by atoms with van der Waals surface area (Å²) in [5.74, 6) is -0.0222. The molecule has 22 heavy (non-hydrogen) atoms. The molecule has 126 valence electrons. The molecule has 1 rings (SSSR count). The van der Waals surface area contributed by atoms with E-state index >= 15 is 0 Å². The van der Waals surface area contributed by atoms with Gasteiger partial charge in [0.1, 0.15) is 0 Å². The van der Waals surface area contributed by atoms with E-state index in [4.69, 9.17) is 4.74 Å². The molecule has 0 aliphatic heterocycles. The van der Waals surface area contributed by atoms with Crippen molar-refractivity contribution >= 4 is 17.8 Å². The van der Waals surface area contributed by atoms with Gasteiger partial charge in [-0.15, -0.1) is 0 Å². The van der Waals surface area contributed by atoms with E-state index in [1.807, 2.05) is 34.6 Å². The maximum absolute atomic E-state index is 13.0. The van der Waals surface area contributed by atoms with Gasteiger partial charge in [0.15, 0.2) is 0 Å². The highest BCUT2D eigenvalue weighted by atomic mass is 32.2. The molecule has 3 nitrogen and oxygen atoms in total. The predicted octanol–water partition coefficient (Wildman–Crippen LogP) is 5.36. The highest BCUT2D eigenvalue weighted by Gasteiger charge is 2.35. The fraction of sp³-hybridized carbons (Fsp3) is 0.600. The van der Waals surface area contributed by atoms with Crippen LogP contribution in [-0.4, -0.2) is 22.7 Å². The zero-order valence-corrected chi connectivity index (χ0v) is 14.4. The molecule has 0 amide bonds. The van der Waals surface area contributed by atoms with Gasteiger partial charge in [0.05, 0.1) is 17.7 Å². The van der Waals surface area contributed by atoms with Crippen molar-refractivity contribution in [2.24, 2.45) is 4.40 Å². The lowest BCUT2D eigenvalue weighted by atomic mass is 10.1. The molecule has 0 aliphatic carbocycles. The molecule has 1 aromatic rings. The van der Waals surface area contributed by atoms with Crippen molar-refractivity contribution in [1.82, 2.24) is 4.98 Å². The molecular weight excluding hydrogens is 313 g/mol. The topological polar surface area (TPSA) is 34.5 Å². The van der Waals surface area contributed by atoms with Gasteiger partial charge < -0.3 is 4.74 Å². The van der Waals surface area contributed by atoms with Crippen LogP contribution >= 0.6 is 11.9 Å². The number of hydrogen-bond acceptors (Lipinski definition) is 4. The zero-order chi connectivity index (χ0) is 17.2. The van der Waals surface area contributed by atoms with Gasteiger partial charge in [0.2, 0.25) is 5.90 Å². The van der Waals surface area contributed by atoms with Crippen LogP contribution in [0.1, 0.15) is 52.2 Å². The Morgan fingerprint density at radius 3 is 2.50 bits per heavy atom. The molecule has 0 atom stereocenters. The minimum atomic E-state index is -4.46. The summed E-state index contributed by atoms with van der Waals surface area (Å²) in [4.78, 5) is 3.74. The van der Waals surface area contributed by atoms with E-state index in [1.54, 1.807) is 0 Å². The van der Waals surface area contributed by atoms with Crippen molar-refractivity contribution < 1.29 is 17.9 Å². The first-order valence-corrected chi connectivity index (χ1v) is 8.08. The molecule has 0 saturated heterocycles. The van der Waals surface area contributed by atoms with Gasteiger partial charge in [-0.25, -0.2) is 0 Å². The summed E-state index contributed by atoms with van der Waals surface area (Å²) in [5.41, 5.74) is -0.909. The van der Waals surface area contributed by atoms with Crippen LogP contribution in [-0.2, 0) is 10.9 Å². The Kier molecular flexibility index (Phi) is 9.89. The van der Waals surface area contributed by atoms with Crippen LogP contribution < -0.4 is 0 Å². The van der Waals surface area contributed by atoms with Crippen LogP contribution in [0.5, 0.6) is 0 Å². The van der Waals surface area contributed by atoms with Crippen LogP contribution in [0.3, 0.4) is 0 Å². The molecule has 7 heteroatoms. The number of pyridine rings is 1. The SMILES string of the molecule is CC.CCCO/C(=N\SC(C)C)c1cnccc1C(F)(F)F. The molecule has 0 fully saturated rings. The van der Waals surface area contributed by atoms with E-state index < -0.39 is 11.7 Å².